The maximum absolute atomic E-state index is 5.20. The molecule has 2 heteroatoms. The molecule has 1 rings (SSSR count). The Kier molecular flexibility index (Phi) is 1.30. The van der Waals surface area contributed by atoms with Gasteiger partial charge < -0.3 is 4.74 Å². The normalized spacial score (nSPS) is 42.0. The highest BCUT2D eigenvalue weighted by atomic mass is 32.1. The fraction of sp³-hybridized carbons (Fsp3) is 1.00. The van der Waals surface area contributed by atoms with E-state index in [-0.39, 0.29) is 4.93 Å². The molecule has 1 atom stereocenters. The first-order valence-corrected chi connectivity index (χ1v) is 3.02. The third-order valence-corrected chi connectivity index (χ3v) is 1.55. The van der Waals surface area contributed by atoms with Gasteiger partial charge in [0, 0.05) is 6.61 Å². The molecule has 0 saturated carbocycles. The van der Waals surface area contributed by atoms with Gasteiger partial charge in [0.15, 0.2) is 0 Å². The first kappa shape index (κ1) is 5.45. The maximum Gasteiger partial charge on any atom is 0.108 e. The number of ether oxygens (including phenoxy) is 1. The molecule has 7 heavy (non-hydrogen) atoms. The third kappa shape index (κ3) is 1.35. The van der Waals surface area contributed by atoms with Crippen molar-refractivity contribution in [3.8, 4) is 0 Å². The molecule has 1 saturated heterocycles. The van der Waals surface area contributed by atoms with Gasteiger partial charge in [-0.3, -0.25) is 0 Å². The third-order valence-electron chi connectivity index (χ3n) is 1.20. The van der Waals surface area contributed by atoms with Crippen molar-refractivity contribution in [3.05, 3.63) is 0 Å². The van der Waals surface area contributed by atoms with Gasteiger partial charge in [-0.05, 0) is 19.8 Å². The zero-order chi connectivity index (χ0) is 5.33. The Balaban J connectivity index is 2.40. The summed E-state index contributed by atoms with van der Waals surface area (Å²) in [5, 5.41) is 0. The van der Waals surface area contributed by atoms with Gasteiger partial charge in [0.2, 0.25) is 0 Å². The van der Waals surface area contributed by atoms with E-state index in [2.05, 4.69) is 12.6 Å². The molecule has 1 nitrogen and oxygen atoms in total. The van der Waals surface area contributed by atoms with Crippen molar-refractivity contribution in [2.45, 2.75) is 24.7 Å². The Bertz CT molecular complexity index is 62.5. The van der Waals surface area contributed by atoms with Crippen molar-refractivity contribution in [3.63, 3.8) is 0 Å². The average Bonchev–Trinajstić information content (AvgIpc) is 1.84. The van der Waals surface area contributed by atoms with E-state index in [4.69, 9.17) is 4.74 Å². The lowest BCUT2D eigenvalue weighted by atomic mass is 10.3. The summed E-state index contributed by atoms with van der Waals surface area (Å²) in [6.07, 6.45) is 2.26. The average molecular weight is 118 g/mol. The smallest absolute Gasteiger partial charge is 0.108 e. The van der Waals surface area contributed by atoms with Crippen LogP contribution in [0.15, 0.2) is 0 Å². The van der Waals surface area contributed by atoms with E-state index >= 15 is 0 Å². The number of thiol groups is 1. The van der Waals surface area contributed by atoms with Crippen LogP contribution in [0.4, 0.5) is 0 Å². The van der Waals surface area contributed by atoms with Crippen molar-refractivity contribution in [2.24, 2.45) is 0 Å². The summed E-state index contributed by atoms with van der Waals surface area (Å²) < 4.78 is 5.20. The number of hydrogen-bond acceptors (Lipinski definition) is 2. The number of rotatable bonds is 0. The van der Waals surface area contributed by atoms with Gasteiger partial charge in [0.05, 0.1) is 0 Å². The van der Waals surface area contributed by atoms with E-state index in [1.165, 1.54) is 6.42 Å². The molecule has 0 N–H and O–H groups in total. The summed E-state index contributed by atoms with van der Waals surface area (Å²) in [5.41, 5.74) is 0. The molecule has 1 fully saturated rings. The summed E-state index contributed by atoms with van der Waals surface area (Å²) in [5.74, 6) is 0. The predicted octanol–water partition coefficient (Wildman–Crippen LogP) is 1.44. The minimum atomic E-state index is -0.111. The van der Waals surface area contributed by atoms with E-state index < -0.39 is 0 Å². The second kappa shape index (κ2) is 1.67. The fourth-order valence-electron chi connectivity index (χ4n) is 0.764. The van der Waals surface area contributed by atoms with Gasteiger partial charge >= 0.3 is 0 Å². The van der Waals surface area contributed by atoms with Crippen molar-refractivity contribution in [1.82, 2.24) is 0 Å². The molecule has 0 aromatic rings. The van der Waals surface area contributed by atoms with Crippen LogP contribution in [0.3, 0.4) is 0 Å². The van der Waals surface area contributed by atoms with Crippen LogP contribution in [-0.2, 0) is 4.74 Å². The minimum Gasteiger partial charge on any atom is -0.365 e. The van der Waals surface area contributed by atoms with Crippen LogP contribution in [-0.4, -0.2) is 11.5 Å². The van der Waals surface area contributed by atoms with Gasteiger partial charge in [-0.1, -0.05) is 0 Å². The predicted molar refractivity (Wildman–Crippen MR) is 32.6 cm³/mol. The topological polar surface area (TPSA) is 9.23 Å². The molecule has 0 bridgehead atoms. The van der Waals surface area contributed by atoms with Crippen LogP contribution in [0, 0.1) is 0 Å². The van der Waals surface area contributed by atoms with Crippen LogP contribution in [0.1, 0.15) is 19.8 Å². The molecule has 0 radical (unpaired) electrons. The second-order valence-electron chi connectivity index (χ2n) is 2.13. The maximum atomic E-state index is 5.20. The lowest BCUT2D eigenvalue weighted by molar-refractivity contribution is 0.0989. The fourth-order valence-corrected chi connectivity index (χ4v) is 1.01. The monoisotopic (exact) mass is 118 g/mol. The summed E-state index contributed by atoms with van der Waals surface area (Å²) in [6.45, 7) is 2.89. The van der Waals surface area contributed by atoms with Gasteiger partial charge in [-0.25, -0.2) is 0 Å². The first-order chi connectivity index (χ1) is 3.21. The molecule has 0 spiro atoms. The van der Waals surface area contributed by atoms with E-state index in [1.54, 1.807) is 0 Å². The molecule has 1 heterocycles. The minimum absolute atomic E-state index is 0.111. The van der Waals surface area contributed by atoms with Gasteiger partial charge in [0.25, 0.3) is 0 Å². The second-order valence-corrected chi connectivity index (χ2v) is 3.07. The lowest BCUT2D eigenvalue weighted by Crippen LogP contribution is -2.12. The Morgan fingerprint density at radius 3 is 2.57 bits per heavy atom. The highest BCUT2D eigenvalue weighted by Crippen LogP contribution is 2.27. The zero-order valence-corrected chi connectivity index (χ0v) is 5.37. The summed E-state index contributed by atoms with van der Waals surface area (Å²) in [4.78, 5) is -0.111. The van der Waals surface area contributed by atoms with Gasteiger partial charge in [-0.15, -0.1) is 12.6 Å². The standard InChI is InChI=1S/C5H10OS/c1-5(7)3-2-4-6-5/h7H,2-4H2,1H3. The Morgan fingerprint density at radius 1 is 1.71 bits per heavy atom. The van der Waals surface area contributed by atoms with E-state index in [0.717, 1.165) is 13.0 Å². The van der Waals surface area contributed by atoms with E-state index in [9.17, 15) is 0 Å². The molecular weight excluding hydrogens is 108 g/mol. The summed E-state index contributed by atoms with van der Waals surface area (Å²) in [7, 11) is 0. The molecule has 1 aliphatic rings. The Labute approximate surface area is 49.5 Å². The Morgan fingerprint density at radius 2 is 2.43 bits per heavy atom. The van der Waals surface area contributed by atoms with Crippen molar-refractivity contribution < 1.29 is 4.74 Å². The van der Waals surface area contributed by atoms with Crippen LogP contribution in [0.5, 0.6) is 0 Å². The molecule has 1 aliphatic heterocycles. The van der Waals surface area contributed by atoms with Gasteiger partial charge in [-0.2, -0.15) is 0 Å². The molecule has 1 unspecified atom stereocenters. The van der Waals surface area contributed by atoms with Crippen molar-refractivity contribution >= 4 is 12.6 Å². The summed E-state index contributed by atoms with van der Waals surface area (Å²) in [6, 6.07) is 0. The lowest BCUT2D eigenvalue weighted by Gasteiger charge is -2.13. The van der Waals surface area contributed by atoms with Crippen LogP contribution < -0.4 is 0 Å². The summed E-state index contributed by atoms with van der Waals surface area (Å²) >= 11 is 4.23. The Hall–Kier alpha value is 0.310. The molecule has 0 aliphatic carbocycles. The highest BCUT2D eigenvalue weighted by molar-refractivity contribution is 7.81. The molecule has 0 amide bonds. The van der Waals surface area contributed by atoms with Crippen molar-refractivity contribution in [1.29, 1.82) is 0 Å². The largest absolute Gasteiger partial charge is 0.365 e. The van der Waals surface area contributed by atoms with Crippen LogP contribution >= 0.6 is 12.6 Å². The van der Waals surface area contributed by atoms with Crippen LogP contribution in [0.25, 0.3) is 0 Å². The zero-order valence-electron chi connectivity index (χ0n) is 4.48. The molecular formula is C5H10OS. The van der Waals surface area contributed by atoms with Crippen molar-refractivity contribution in [2.75, 3.05) is 6.61 Å². The SMILES string of the molecule is CC1(S)CCCO1. The van der Waals surface area contributed by atoms with Gasteiger partial charge in [0.1, 0.15) is 4.93 Å². The molecule has 0 aromatic heterocycles. The quantitative estimate of drug-likeness (QED) is 0.473. The highest BCUT2D eigenvalue weighted by Gasteiger charge is 2.23. The molecule has 0 aromatic carbocycles. The number of hydrogen-bond donors (Lipinski definition) is 1. The van der Waals surface area contributed by atoms with Crippen LogP contribution in [0.2, 0.25) is 0 Å². The van der Waals surface area contributed by atoms with E-state index in [1.807, 2.05) is 6.92 Å². The van der Waals surface area contributed by atoms with E-state index in [0.29, 0.717) is 0 Å². The first-order valence-electron chi connectivity index (χ1n) is 2.57. The molecule has 42 valence electrons.